The van der Waals surface area contributed by atoms with Crippen LogP contribution in [0.4, 0.5) is 0 Å². The molecule has 3 rings (SSSR count). The predicted octanol–water partition coefficient (Wildman–Crippen LogP) is 4.57. The zero-order valence-electron chi connectivity index (χ0n) is 14.5. The smallest absolute Gasteiger partial charge is 0.373 e. The van der Waals surface area contributed by atoms with Gasteiger partial charge in [0.25, 0.3) is 0 Å². The zero-order valence-corrected chi connectivity index (χ0v) is 14.5. The topological polar surface area (TPSA) is 81.4 Å². The fraction of sp³-hybridized carbons (Fsp3) is 0.143. The zero-order chi connectivity index (χ0) is 19.4. The van der Waals surface area contributed by atoms with Crippen LogP contribution in [0, 0.1) is 0 Å². The quantitative estimate of drug-likeness (QED) is 0.691. The van der Waals surface area contributed by atoms with Crippen molar-refractivity contribution in [2.45, 2.75) is 19.8 Å². The summed E-state index contributed by atoms with van der Waals surface area (Å²) in [6.07, 6.45) is 2.33. The van der Waals surface area contributed by atoms with Gasteiger partial charge in [-0.15, -0.1) is 0 Å². The van der Waals surface area contributed by atoms with E-state index in [1.165, 1.54) is 11.1 Å². The molecule has 132 valence electrons. The Balaban J connectivity index is 0.000000499. The number of hydrogen-bond donors (Lipinski definition) is 0. The molecule has 0 amide bonds. The molecular weight excluding hydrogens is 332 g/mol. The van der Waals surface area contributed by atoms with Gasteiger partial charge in [-0.05, 0) is 23.1 Å². The average molecular weight is 350 g/mol. The summed E-state index contributed by atoms with van der Waals surface area (Å²) in [6.45, 7) is 4.42. The maximum atomic E-state index is 8.12. The molecule has 0 unspecified atom stereocenters. The Hall–Kier alpha value is -3.52. The van der Waals surface area contributed by atoms with Crippen molar-refractivity contribution >= 4 is 12.3 Å². The minimum Gasteiger partial charge on any atom is -0.464 e. The van der Waals surface area contributed by atoms with E-state index < -0.39 is 0 Å². The van der Waals surface area contributed by atoms with E-state index in [2.05, 4.69) is 56.3 Å². The maximum Gasteiger partial charge on any atom is 0.373 e. The van der Waals surface area contributed by atoms with Crippen LogP contribution >= 0.6 is 0 Å². The first-order chi connectivity index (χ1) is 12.6. The Morgan fingerprint density at radius 3 is 1.77 bits per heavy atom. The number of rotatable bonds is 3. The van der Waals surface area contributed by atoms with Gasteiger partial charge >= 0.3 is 12.3 Å². The molecule has 0 aliphatic heterocycles. The summed E-state index contributed by atoms with van der Waals surface area (Å²) in [6, 6.07) is 21.0. The van der Waals surface area contributed by atoms with Gasteiger partial charge < -0.3 is 4.42 Å². The lowest BCUT2D eigenvalue weighted by Crippen LogP contribution is -1.85. The van der Waals surface area contributed by atoms with Crippen LogP contribution in [-0.2, 0) is 19.2 Å². The van der Waals surface area contributed by atoms with Crippen molar-refractivity contribution in [2.24, 2.45) is 0 Å². The molecule has 0 bridgehead atoms. The van der Waals surface area contributed by atoms with Crippen molar-refractivity contribution in [3.63, 3.8) is 0 Å². The molecule has 0 radical (unpaired) electrons. The van der Waals surface area contributed by atoms with Gasteiger partial charge in [0.1, 0.15) is 5.76 Å². The second kappa shape index (κ2) is 11.1. The standard InChI is InChI=1S/C19H18O.2CO2/c1-14(2)15-8-10-16(11-9-15)18-12-19(20-13-18)17-6-4-3-5-7-17;2*2-1-3/h3-14H,1-2H3;;. The van der Waals surface area contributed by atoms with E-state index in [0.717, 1.165) is 16.9 Å². The summed E-state index contributed by atoms with van der Waals surface area (Å²) in [4.78, 5) is 32.5. The summed E-state index contributed by atoms with van der Waals surface area (Å²) in [5.74, 6) is 1.47. The Kier molecular flexibility index (Phi) is 8.77. The minimum absolute atomic E-state index is 0.250. The normalized spacial score (nSPS) is 9.04. The number of hydrogen-bond acceptors (Lipinski definition) is 5. The maximum absolute atomic E-state index is 8.12. The summed E-state index contributed by atoms with van der Waals surface area (Å²) in [5, 5.41) is 0. The van der Waals surface area contributed by atoms with Crippen LogP contribution < -0.4 is 0 Å². The van der Waals surface area contributed by atoms with Crippen molar-refractivity contribution in [1.82, 2.24) is 0 Å². The Morgan fingerprint density at radius 1 is 0.731 bits per heavy atom. The molecule has 0 atom stereocenters. The lowest BCUT2D eigenvalue weighted by atomic mass is 10.00. The summed E-state index contributed by atoms with van der Waals surface area (Å²) < 4.78 is 5.68. The molecule has 3 aromatic rings. The fourth-order valence-corrected chi connectivity index (χ4v) is 2.30. The first-order valence-electron chi connectivity index (χ1n) is 7.80. The third-order valence-electron chi connectivity index (χ3n) is 3.57. The molecule has 0 aliphatic carbocycles. The van der Waals surface area contributed by atoms with Gasteiger partial charge in [-0.1, -0.05) is 68.4 Å². The highest BCUT2D eigenvalue weighted by Crippen LogP contribution is 2.29. The largest absolute Gasteiger partial charge is 0.464 e. The van der Waals surface area contributed by atoms with Gasteiger partial charge in [0.2, 0.25) is 0 Å². The van der Waals surface area contributed by atoms with E-state index in [1.54, 1.807) is 0 Å². The van der Waals surface area contributed by atoms with Crippen LogP contribution in [0.5, 0.6) is 0 Å². The molecular formula is C21H18O5. The molecule has 0 fully saturated rings. The lowest BCUT2D eigenvalue weighted by Gasteiger charge is -2.05. The highest BCUT2D eigenvalue weighted by atomic mass is 16.3. The third kappa shape index (κ3) is 6.17. The van der Waals surface area contributed by atoms with Crippen LogP contribution in [0.25, 0.3) is 22.5 Å². The van der Waals surface area contributed by atoms with E-state index in [0.29, 0.717) is 5.92 Å². The number of carbonyl (C=O) groups excluding carboxylic acids is 4. The molecule has 2 aromatic carbocycles. The van der Waals surface area contributed by atoms with Gasteiger partial charge in [0.05, 0.1) is 6.26 Å². The fourth-order valence-electron chi connectivity index (χ4n) is 2.30. The molecule has 5 heteroatoms. The van der Waals surface area contributed by atoms with Gasteiger partial charge in [0, 0.05) is 11.1 Å². The molecule has 5 nitrogen and oxygen atoms in total. The number of benzene rings is 2. The average Bonchev–Trinajstić information content (AvgIpc) is 3.14. The van der Waals surface area contributed by atoms with Crippen LogP contribution in [0.1, 0.15) is 25.3 Å². The monoisotopic (exact) mass is 350 g/mol. The predicted molar refractivity (Wildman–Crippen MR) is 93.7 cm³/mol. The highest BCUT2D eigenvalue weighted by molar-refractivity contribution is 5.69. The van der Waals surface area contributed by atoms with Crippen molar-refractivity contribution in [1.29, 1.82) is 0 Å². The highest BCUT2D eigenvalue weighted by Gasteiger charge is 2.06. The van der Waals surface area contributed by atoms with Crippen LogP contribution in [0.3, 0.4) is 0 Å². The SMILES string of the molecule is CC(C)c1ccc(-c2coc(-c3ccccc3)c2)cc1.O=C=O.O=C=O. The van der Waals surface area contributed by atoms with Crippen molar-refractivity contribution in [3.05, 3.63) is 72.5 Å². The molecule has 26 heavy (non-hydrogen) atoms. The Bertz CT molecular complexity index is 837. The Morgan fingerprint density at radius 2 is 1.27 bits per heavy atom. The molecule has 0 saturated carbocycles. The molecule has 0 N–H and O–H groups in total. The van der Waals surface area contributed by atoms with E-state index >= 15 is 0 Å². The molecule has 0 aliphatic rings. The second-order valence-corrected chi connectivity index (χ2v) is 5.51. The summed E-state index contributed by atoms with van der Waals surface area (Å²) in [5.41, 5.74) is 4.79. The second-order valence-electron chi connectivity index (χ2n) is 5.51. The van der Waals surface area contributed by atoms with E-state index in [-0.39, 0.29) is 12.3 Å². The first kappa shape index (κ1) is 20.5. The minimum atomic E-state index is 0.250. The number of furan rings is 1. The van der Waals surface area contributed by atoms with Crippen LogP contribution in [0.15, 0.2) is 71.3 Å². The Labute approximate surface area is 151 Å². The van der Waals surface area contributed by atoms with Crippen LogP contribution in [-0.4, -0.2) is 12.3 Å². The van der Waals surface area contributed by atoms with Gasteiger partial charge in [-0.25, -0.2) is 0 Å². The van der Waals surface area contributed by atoms with Gasteiger partial charge in [-0.2, -0.15) is 19.2 Å². The van der Waals surface area contributed by atoms with Gasteiger partial charge in [-0.3, -0.25) is 0 Å². The summed E-state index contributed by atoms with van der Waals surface area (Å²) >= 11 is 0. The lowest BCUT2D eigenvalue weighted by molar-refractivity contribution is -0.193. The van der Waals surface area contributed by atoms with Crippen LogP contribution in [0.2, 0.25) is 0 Å². The van der Waals surface area contributed by atoms with E-state index in [1.807, 2.05) is 24.5 Å². The molecule has 1 aromatic heterocycles. The van der Waals surface area contributed by atoms with Crippen molar-refractivity contribution in [3.8, 4) is 22.5 Å². The summed E-state index contributed by atoms with van der Waals surface area (Å²) in [7, 11) is 0. The van der Waals surface area contributed by atoms with Gasteiger partial charge in [0.15, 0.2) is 0 Å². The van der Waals surface area contributed by atoms with Crippen molar-refractivity contribution < 1.29 is 23.6 Å². The molecule has 0 spiro atoms. The van der Waals surface area contributed by atoms with E-state index in [9.17, 15) is 0 Å². The molecule has 1 heterocycles. The van der Waals surface area contributed by atoms with Crippen molar-refractivity contribution in [2.75, 3.05) is 0 Å². The first-order valence-corrected chi connectivity index (χ1v) is 7.80. The van der Waals surface area contributed by atoms with E-state index in [4.69, 9.17) is 23.6 Å². The third-order valence-corrected chi connectivity index (χ3v) is 3.57. The molecule has 0 saturated heterocycles.